The average molecular weight is 319 g/mol. The monoisotopic (exact) mass is 318 g/mol. The Morgan fingerprint density at radius 2 is 1.68 bits per heavy atom. The molecule has 3 aliphatic rings. The molecule has 0 heterocycles. The lowest BCUT2D eigenvalue weighted by molar-refractivity contribution is 0.0660. The van der Waals surface area contributed by atoms with Crippen molar-refractivity contribution in [2.45, 2.75) is 19.8 Å². The SMILES string of the molecule is CC1C2CCC1C1C(=O)c3c(Br)cccc3C(=O)C21. The van der Waals surface area contributed by atoms with Gasteiger partial charge in [0.2, 0.25) is 0 Å². The summed E-state index contributed by atoms with van der Waals surface area (Å²) in [4.78, 5) is 25.6. The third-order valence-electron chi connectivity index (χ3n) is 5.62. The molecule has 0 radical (unpaired) electrons. The highest BCUT2D eigenvalue weighted by molar-refractivity contribution is 9.10. The summed E-state index contributed by atoms with van der Waals surface area (Å²) >= 11 is 3.44. The Hall–Kier alpha value is -0.960. The Kier molecular flexibility index (Phi) is 2.36. The first-order valence-electron chi connectivity index (χ1n) is 6.98. The molecule has 2 nitrogen and oxygen atoms in total. The van der Waals surface area contributed by atoms with E-state index in [0.29, 0.717) is 28.9 Å². The first kappa shape index (κ1) is 11.8. The third kappa shape index (κ3) is 1.32. The number of rotatable bonds is 0. The standard InChI is InChI=1S/C16H15BrO2/c1-7-8-5-6-9(7)14-13(8)15(18)10-3-2-4-11(17)12(10)16(14)19/h2-4,7-9,13-14H,5-6H2,1H3. The summed E-state index contributed by atoms with van der Waals surface area (Å²) in [7, 11) is 0. The van der Waals surface area contributed by atoms with Gasteiger partial charge in [0.15, 0.2) is 11.6 Å². The fraction of sp³-hybridized carbons (Fsp3) is 0.500. The van der Waals surface area contributed by atoms with Gasteiger partial charge in [-0.25, -0.2) is 0 Å². The fourth-order valence-corrected chi connectivity index (χ4v) is 5.38. The van der Waals surface area contributed by atoms with E-state index in [-0.39, 0.29) is 23.4 Å². The van der Waals surface area contributed by atoms with Crippen LogP contribution in [0.15, 0.2) is 22.7 Å². The Balaban J connectivity index is 1.93. The molecule has 4 rings (SSSR count). The lowest BCUT2D eigenvalue weighted by atomic mass is 9.67. The molecule has 0 saturated heterocycles. The number of hydrogen-bond donors (Lipinski definition) is 0. The van der Waals surface area contributed by atoms with Crippen molar-refractivity contribution in [3.05, 3.63) is 33.8 Å². The molecule has 2 fully saturated rings. The summed E-state index contributed by atoms with van der Waals surface area (Å²) < 4.78 is 0.775. The predicted molar refractivity (Wildman–Crippen MR) is 75.2 cm³/mol. The van der Waals surface area contributed by atoms with E-state index in [9.17, 15) is 9.59 Å². The van der Waals surface area contributed by atoms with Gasteiger partial charge in [0.1, 0.15) is 0 Å². The van der Waals surface area contributed by atoms with Gasteiger partial charge in [-0.15, -0.1) is 0 Å². The molecule has 0 N–H and O–H groups in total. The van der Waals surface area contributed by atoms with E-state index in [1.54, 1.807) is 0 Å². The van der Waals surface area contributed by atoms with Crippen molar-refractivity contribution >= 4 is 27.5 Å². The topological polar surface area (TPSA) is 34.1 Å². The zero-order valence-corrected chi connectivity index (χ0v) is 12.3. The highest BCUT2D eigenvalue weighted by Crippen LogP contribution is 2.59. The second-order valence-corrected chi connectivity index (χ2v) is 7.06. The molecule has 2 saturated carbocycles. The normalized spacial score (nSPS) is 39.4. The fourth-order valence-electron chi connectivity index (χ4n) is 4.82. The second-order valence-electron chi connectivity index (χ2n) is 6.21. The maximum absolute atomic E-state index is 12.8. The summed E-state index contributed by atoms with van der Waals surface area (Å²) in [6, 6.07) is 5.53. The largest absolute Gasteiger partial charge is 0.294 e. The Morgan fingerprint density at radius 1 is 1.05 bits per heavy atom. The minimum Gasteiger partial charge on any atom is -0.294 e. The van der Waals surface area contributed by atoms with E-state index < -0.39 is 0 Å². The Bertz CT molecular complexity index is 607. The Labute approximate surface area is 120 Å². The molecule has 98 valence electrons. The van der Waals surface area contributed by atoms with Gasteiger partial charge in [-0.3, -0.25) is 9.59 Å². The molecule has 0 amide bonds. The molecule has 3 heteroatoms. The number of ketones is 2. The molecular formula is C16H15BrO2. The van der Waals surface area contributed by atoms with Crippen LogP contribution in [0.5, 0.6) is 0 Å². The molecule has 5 unspecified atom stereocenters. The van der Waals surface area contributed by atoms with E-state index in [1.165, 1.54) is 0 Å². The maximum atomic E-state index is 12.8. The van der Waals surface area contributed by atoms with Crippen LogP contribution >= 0.6 is 15.9 Å². The predicted octanol–water partition coefficient (Wildman–Crippen LogP) is 3.74. The van der Waals surface area contributed by atoms with Crippen LogP contribution in [0.2, 0.25) is 0 Å². The highest BCUT2D eigenvalue weighted by atomic mass is 79.9. The quantitative estimate of drug-likeness (QED) is 0.730. The van der Waals surface area contributed by atoms with Crippen LogP contribution in [-0.2, 0) is 0 Å². The number of fused-ring (bicyclic) bond motifs is 6. The van der Waals surface area contributed by atoms with Crippen LogP contribution in [0.25, 0.3) is 0 Å². The molecule has 0 aliphatic heterocycles. The van der Waals surface area contributed by atoms with E-state index in [1.807, 2.05) is 18.2 Å². The first-order chi connectivity index (χ1) is 9.11. The molecule has 1 aromatic carbocycles. The van der Waals surface area contributed by atoms with Gasteiger partial charge in [-0.2, -0.15) is 0 Å². The van der Waals surface area contributed by atoms with E-state index in [4.69, 9.17) is 0 Å². The summed E-state index contributed by atoms with van der Waals surface area (Å²) in [6.07, 6.45) is 2.24. The summed E-state index contributed by atoms with van der Waals surface area (Å²) in [6.45, 7) is 2.22. The maximum Gasteiger partial charge on any atom is 0.168 e. The van der Waals surface area contributed by atoms with Crippen LogP contribution < -0.4 is 0 Å². The van der Waals surface area contributed by atoms with Gasteiger partial charge in [-0.1, -0.05) is 35.0 Å². The van der Waals surface area contributed by atoms with Gasteiger partial charge in [-0.05, 0) is 36.7 Å². The van der Waals surface area contributed by atoms with E-state index in [0.717, 1.165) is 17.3 Å². The van der Waals surface area contributed by atoms with Crippen LogP contribution in [0.4, 0.5) is 0 Å². The lowest BCUT2D eigenvalue weighted by Gasteiger charge is -2.34. The number of hydrogen-bond acceptors (Lipinski definition) is 2. The van der Waals surface area contributed by atoms with Gasteiger partial charge in [0, 0.05) is 27.4 Å². The Morgan fingerprint density at radius 3 is 2.37 bits per heavy atom. The second kappa shape index (κ2) is 3.78. The first-order valence-corrected chi connectivity index (χ1v) is 7.77. The minimum atomic E-state index is -0.0487. The molecule has 2 bridgehead atoms. The number of benzene rings is 1. The highest BCUT2D eigenvalue weighted by Gasteiger charge is 2.60. The van der Waals surface area contributed by atoms with E-state index >= 15 is 0 Å². The molecular weight excluding hydrogens is 304 g/mol. The number of carbonyl (C=O) groups excluding carboxylic acids is 2. The molecule has 19 heavy (non-hydrogen) atoms. The summed E-state index contributed by atoms with van der Waals surface area (Å²) in [5.74, 6) is 1.70. The average Bonchev–Trinajstić information content (AvgIpc) is 2.89. The molecule has 5 atom stereocenters. The number of halogens is 1. The van der Waals surface area contributed by atoms with Crippen molar-refractivity contribution in [2.75, 3.05) is 0 Å². The van der Waals surface area contributed by atoms with Crippen LogP contribution in [-0.4, -0.2) is 11.6 Å². The third-order valence-corrected chi connectivity index (χ3v) is 6.29. The van der Waals surface area contributed by atoms with Gasteiger partial charge in [0.25, 0.3) is 0 Å². The number of carbonyl (C=O) groups is 2. The van der Waals surface area contributed by atoms with Crippen LogP contribution in [0.3, 0.4) is 0 Å². The van der Waals surface area contributed by atoms with E-state index in [2.05, 4.69) is 22.9 Å². The van der Waals surface area contributed by atoms with Gasteiger partial charge >= 0.3 is 0 Å². The van der Waals surface area contributed by atoms with Gasteiger partial charge in [0.05, 0.1) is 0 Å². The lowest BCUT2D eigenvalue weighted by Crippen LogP contribution is -2.40. The molecule has 1 aromatic rings. The minimum absolute atomic E-state index is 0.0388. The molecule has 3 aliphatic carbocycles. The van der Waals surface area contributed by atoms with Crippen molar-refractivity contribution in [1.82, 2.24) is 0 Å². The smallest absolute Gasteiger partial charge is 0.168 e. The van der Waals surface area contributed by atoms with Crippen molar-refractivity contribution in [1.29, 1.82) is 0 Å². The summed E-state index contributed by atoms with van der Waals surface area (Å²) in [5, 5.41) is 0. The van der Waals surface area contributed by atoms with Crippen molar-refractivity contribution < 1.29 is 9.59 Å². The van der Waals surface area contributed by atoms with Crippen molar-refractivity contribution in [3.8, 4) is 0 Å². The van der Waals surface area contributed by atoms with Crippen molar-refractivity contribution in [3.63, 3.8) is 0 Å². The zero-order valence-electron chi connectivity index (χ0n) is 10.7. The molecule has 0 aromatic heterocycles. The van der Waals surface area contributed by atoms with Crippen LogP contribution in [0.1, 0.15) is 40.5 Å². The van der Waals surface area contributed by atoms with Gasteiger partial charge < -0.3 is 0 Å². The van der Waals surface area contributed by atoms with Crippen molar-refractivity contribution in [2.24, 2.45) is 29.6 Å². The zero-order chi connectivity index (χ0) is 13.3. The van der Waals surface area contributed by atoms with Crippen LogP contribution in [0, 0.1) is 29.6 Å². The number of Topliss-reactive ketones (excluding diaryl/α,β-unsaturated/α-hetero) is 2. The summed E-state index contributed by atoms with van der Waals surface area (Å²) in [5.41, 5.74) is 1.27. The molecule has 0 spiro atoms.